The topological polar surface area (TPSA) is 34.0 Å². The summed E-state index contributed by atoms with van der Waals surface area (Å²) in [6, 6.07) is 1.99. The number of hydrogen-bond acceptors (Lipinski definition) is 3. The smallest absolute Gasteiger partial charge is 0.156 e. The molecule has 0 radical (unpaired) electrons. The Morgan fingerprint density at radius 3 is 2.89 bits per heavy atom. The van der Waals surface area contributed by atoms with Crippen molar-refractivity contribution in [1.29, 1.82) is 0 Å². The van der Waals surface area contributed by atoms with Gasteiger partial charge in [-0.05, 0) is 12.5 Å². The molecule has 2 aromatic rings. The third-order valence-electron chi connectivity index (χ3n) is 3.06. The van der Waals surface area contributed by atoms with Gasteiger partial charge in [0.1, 0.15) is 5.52 Å². The van der Waals surface area contributed by atoms with Gasteiger partial charge in [0.15, 0.2) is 5.82 Å². The lowest BCUT2D eigenvalue weighted by Gasteiger charge is -2.22. The van der Waals surface area contributed by atoms with E-state index in [9.17, 15) is 0 Å². The molecule has 0 amide bonds. The highest BCUT2D eigenvalue weighted by atomic mass is 35.5. The zero-order valence-electron chi connectivity index (χ0n) is 10.9. The maximum atomic E-state index is 5.89. The fourth-order valence-electron chi connectivity index (χ4n) is 2.05. The average Bonchev–Trinajstić information content (AvgIpc) is 2.77. The van der Waals surface area contributed by atoms with Crippen LogP contribution in [0.15, 0.2) is 18.6 Å². The number of fused-ring (bicyclic) bond motifs is 1. The number of nitrogens with zero attached hydrogens (tertiary/aromatic N) is 4. The second-order valence-corrected chi connectivity index (χ2v) is 4.77. The van der Waals surface area contributed by atoms with Crippen LogP contribution >= 0.6 is 11.6 Å². The molecular formula is C13H19ClN4. The molecule has 0 aliphatic carbocycles. The predicted octanol–water partition coefficient (Wildman–Crippen LogP) is 2.81. The Morgan fingerprint density at radius 1 is 1.33 bits per heavy atom. The van der Waals surface area contributed by atoms with Crippen molar-refractivity contribution in [2.45, 2.75) is 19.8 Å². The standard InChI is InChI=1S/C13H19ClN4/c1-3-4-8-18(9-6-14)13-12-11(5-7-15-13)17(2)10-16-12/h5,7,10H,3-4,6,8-9H2,1-2H3. The van der Waals surface area contributed by atoms with Crippen molar-refractivity contribution in [3.8, 4) is 0 Å². The largest absolute Gasteiger partial charge is 0.354 e. The fraction of sp³-hybridized carbons (Fsp3) is 0.538. The van der Waals surface area contributed by atoms with Gasteiger partial charge in [-0.3, -0.25) is 0 Å². The Hall–Kier alpha value is -1.29. The summed E-state index contributed by atoms with van der Waals surface area (Å²) in [4.78, 5) is 11.2. The Morgan fingerprint density at radius 2 is 2.17 bits per heavy atom. The van der Waals surface area contributed by atoms with Gasteiger partial charge in [-0.2, -0.15) is 0 Å². The Kier molecular flexibility index (Phi) is 4.42. The first-order chi connectivity index (χ1) is 8.77. The first-order valence-electron chi connectivity index (χ1n) is 6.35. The van der Waals surface area contributed by atoms with Crippen molar-refractivity contribution >= 4 is 28.5 Å². The van der Waals surface area contributed by atoms with E-state index in [4.69, 9.17) is 11.6 Å². The zero-order chi connectivity index (χ0) is 13.0. The van der Waals surface area contributed by atoms with Crippen molar-refractivity contribution in [2.24, 2.45) is 7.05 Å². The van der Waals surface area contributed by atoms with E-state index in [2.05, 4.69) is 21.8 Å². The third-order valence-corrected chi connectivity index (χ3v) is 3.23. The second-order valence-electron chi connectivity index (χ2n) is 4.39. The van der Waals surface area contributed by atoms with Gasteiger partial charge in [0.25, 0.3) is 0 Å². The molecule has 0 saturated heterocycles. The van der Waals surface area contributed by atoms with E-state index >= 15 is 0 Å². The fourth-order valence-corrected chi connectivity index (χ4v) is 2.26. The number of aromatic nitrogens is 3. The number of rotatable bonds is 6. The average molecular weight is 267 g/mol. The first-order valence-corrected chi connectivity index (χ1v) is 6.88. The molecule has 0 N–H and O–H groups in total. The summed E-state index contributed by atoms with van der Waals surface area (Å²) in [5.41, 5.74) is 2.07. The highest BCUT2D eigenvalue weighted by Gasteiger charge is 2.13. The number of pyridine rings is 1. The van der Waals surface area contributed by atoms with Crippen molar-refractivity contribution in [3.05, 3.63) is 18.6 Å². The maximum absolute atomic E-state index is 5.89. The number of alkyl halides is 1. The molecule has 0 aliphatic heterocycles. The molecule has 2 aromatic heterocycles. The number of aryl methyl sites for hydroxylation is 1. The lowest BCUT2D eigenvalue weighted by molar-refractivity contribution is 0.727. The number of hydrogen-bond donors (Lipinski definition) is 0. The van der Waals surface area contributed by atoms with Crippen LogP contribution in [-0.4, -0.2) is 33.5 Å². The molecule has 0 fully saturated rings. The van der Waals surface area contributed by atoms with E-state index in [1.165, 1.54) is 0 Å². The number of unbranched alkanes of at least 4 members (excludes halogenated alkanes) is 1. The van der Waals surface area contributed by atoms with E-state index < -0.39 is 0 Å². The van der Waals surface area contributed by atoms with Crippen molar-refractivity contribution in [1.82, 2.24) is 14.5 Å². The molecule has 0 atom stereocenters. The SMILES string of the molecule is CCCCN(CCCl)c1nccc2c1ncn2C. The van der Waals surface area contributed by atoms with Gasteiger partial charge in [-0.1, -0.05) is 13.3 Å². The molecule has 0 bridgehead atoms. The van der Waals surface area contributed by atoms with E-state index in [0.717, 1.165) is 42.8 Å². The van der Waals surface area contributed by atoms with E-state index in [1.54, 1.807) is 0 Å². The Labute approximate surface area is 113 Å². The molecule has 0 aromatic carbocycles. The molecule has 0 saturated carbocycles. The van der Waals surface area contributed by atoms with E-state index in [-0.39, 0.29) is 0 Å². The van der Waals surface area contributed by atoms with E-state index in [0.29, 0.717) is 5.88 Å². The van der Waals surface area contributed by atoms with Gasteiger partial charge in [0.2, 0.25) is 0 Å². The number of imidazole rings is 1. The van der Waals surface area contributed by atoms with E-state index in [1.807, 2.05) is 30.2 Å². The Balaban J connectivity index is 2.36. The minimum atomic E-state index is 0.606. The summed E-state index contributed by atoms with van der Waals surface area (Å²) >= 11 is 5.89. The third kappa shape index (κ3) is 2.58. The highest BCUT2D eigenvalue weighted by Crippen LogP contribution is 2.22. The van der Waals surface area contributed by atoms with Crippen LogP contribution in [0.25, 0.3) is 11.0 Å². The van der Waals surface area contributed by atoms with Gasteiger partial charge in [0, 0.05) is 32.2 Å². The molecule has 18 heavy (non-hydrogen) atoms. The maximum Gasteiger partial charge on any atom is 0.156 e. The monoisotopic (exact) mass is 266 g/mol. The second kappa shape index (κ2) is 6.05. The minimum Gasteiger partial charge on any atom is -0.354 e. The van der Waals surface area contributed by atoms with Crippen LogP contribution in [0.4, 0.5) is 5.82 Å². The van der Waals surface area contributed by atoms with Gasteiger partial charge in [-0.15, -0.1) is 11.6 Å². The summed E-state index contributed by atoms with van der Waals surface area (Å²) in [6.45, 7) is 3.98. The van der Waals surface area contributed by atoms with Crippen LogP contribution in [0.1, 0.15) is 19.8 Å². The van der Waals surface area contributed by atoms with Crippen LogP contribution in [-0.2, 0) is 7.05 Å². The molecule has 0 aliphatic rings. The van der Waals surface area contributed by atoms with Gasteiger partial charge < -0.3 is 9.47 Å². The predicted molar refractivity (Wildman–Crippen MR) is 76.4 cm³/mol. The van der Waals surface area contributed by atoms with Gasteiger partial charge in [-0.25, -0.2) is 9.97 Å². The first kappa shape index (κ1) is 13.1. The summed E-state index contributed by atoms with van der Waals surface area (Å²) in [7, 11) is 2.00. The quantitative estimate of drug-likeness (QED) is 0.754. The summed E-state index contributed by atoms with van der Waals surface area (Å²) in [5.74, 6) is 1.55. The zero-order valence-corrected chi connectivity index (χ0v) is 11.7. The molecule has 2 heterocycles. The van der Waals surface area contributed by atoms with Crippen molar-refractivity contribution in [3.63, 3.8) is 0 Å². The lowest BCUT2D eigenvalue weighted by Crippen LogP contribution is -2.27. The van der Waals surface area contributed by atoms with Gasteiger partial charge >= 0.3 is 0 Å². The lowest BCUT2D eigenvalue weighted by atomic mass is 10.3. The van der Waals surface area contributed by atoms with Crippen molar-refractivity contribution in [2.75, 3.05) is 23.9 Å². The molecule has 2 rings (SSSR count). The molecule has 98 valence electrons. The molecule has 4 nitrogen and oxygen atoms in total. The normalized spacial score (nSPS) is 11.1. The van der Waals surface area contributed by atoms with Crippen LogP contribution in [0, 0.1) is 0 Å². The van der Waals surface area contributed by atoms with Crippen LogP contribution in [0.2, 0.25) is 0 Å². The Bertz CT molecular complexity index is 509. The molecule has 5 heteroatoms. The molecule has 0 spiro atoms. The van der Waals surface area contributed by atoms with Gasteiger partial charge in [0.05, 0.1) is 11.8 Å². The van der Waals surface area contributed by atoms with Crippen LogP contribution in [0.5, 0.6) is 0 Å². The van der Waals surface area contributed by atoms with Crippen LogP contribution < -0.4 is 4.90 Å². The minimum absolute atomic E-state index is 0.606. The molecule has 0 unspecified atom stereocenters. The number of halogens is 1. The highest BCUT2D eigenvalue weighted by molar-refractivity contribution is 6.18. The summed E-state index contributed by atoms with van der Waals surface area (Å²) < 4.78 is 2.01. The number of anilines is 1. The molecular weight excluding hydrogens is 248 g/mol. The summed E-state index contributed by atoms with van der Waals surface area (Å²) in [6.07, 6.45) is 5.97. The van der Waals surface area contributed by atoms with Crippen molar-refractivity contribution < 1.29 is 0 Å². The summed E-state index contributed by atoms with van der Waals surface area (Å²) in [5, 5.41) is 0. The van der Waals surface area contributed by atoms with Crippen LogP contribution in [0.3, 0.4) is 0 Å².